The molecule has 1 fully saturated rings. The molecule has 1 aliphatic heterocycles. The lowest BCUT2D eigenvalue weighted by atomic mass is 10.3. The van der Waals surface area contributed by atoms with Gasteiger partial charge in [0.15, 0.2) is 0 Å². The van der Waals surface area contributed by atoms with Gasteiger partial charge in [0.1, 0.15) is 0 Å². The summed E-state index contributed by atoms with van der Waals surface area (Å²) in [4.78, 5) is 15.2. The van der Waals surface area contributed by atoms with Gasteiger partial charge in [-0.05, 0) is 14.0 Å². The van der Waals surface area contributed by atoms with Gasteiger partial charge in [-0.1, -0.05) is 19.8 Å². The topological polar surface area (TPSA) is 23.6 Å². The largest absolute Gasteiger partial charge is 0.329 e. The SMILES string of the molecule is CC.CC#CCN1CCN(C)CC1=O. The molecule has 0 aliphatic carbocycles. The summed E-state index contributed by atoms with van der Waals surface area (Å²) in [5.74, 6) is 5.88. The Morgan fingerprint density at radius 1 is 1.36 bits per heavy atom. The van der Waals surface area contributed by atoms with Crippen LogP contribution in [0.25, 0.3) is 0 Å². The van der Waals surface area contributed by atoms with Crippen LogP contribution in [0.2, 0.25) is 0 Å². The van der Waals surface area contributed by atoms with Gasteiger partial charge in [0.05, 0.1) is 13.1 Å². The van der Waals surface area contributed by atoms with E-state index in [0.717, 1.165) is 13.1 Å². The minimum atomic E-state index is 0.187. The Morgan fingerprint density at radius 3 is 2.50 bits per heavy atom. The number of carbonyl (C=O) groups excluding carboxylic acids is 1. The molecular weight excluding hydrogens is 176 g/mol. The van der Waals surface area contributed by atoms with Crippen LogP contribution in [0.3, 0.4) is 0 Å². The molecule has 1 heterocycles. The Morgan fingerprint density at radius 2 is 2.00 bits per heavy atom. The first-order valence-corrected chi connectivity index (χ1v) is 5.10. The predicted molar refractivity (Wildman–Crippen MR) is 58.9 cm³/mol. The number of hydrogen-bond donors (Lipinski definition) is 0. The number of amides is 1. The van der Waals surface area contributed by atoms with Gasteiger partial charge in [0, 0.05) is 13.1 Å². The van der Waals surface area contributed by atoms with Gasteiger partial charge in [-0.3, -0.25) is 9.69 Å². The predicted octanol–water partition coefficient (Wildman–Crippen LogP) is 0.810. The van der Waals surface area contributed by atoms with Crippen molar-refractivity contribution in [2.75, 3.05) is 33.2 Å². The molecule has 0 aromatic rings. The summed E-state index contributed by atoms with van der Waals surface area (Å²) in [5.41, 5.74) is 0. The zero-order valence-corrected chi connectivity index (χ0v) is 9.63. The van der Waals surface area contributed by atoms with E-state index in [1.54, 1.807) is 11.8 Å². The maximum absolute atomic E-state index is 11.3. The maximum Gasteiger partial charge on any atom is 0.237 e. The van der Waals surface area contributed by atoms with E-state index in [4.69, 9.17) is 0 Å². The maximum atomic E-state index is 11.3. The molecule has 0 atom stereocenters. The summed E-state index contributed by atoms with van der Waals surface area (Å²) in [6.45, 7) is 8.68. The number of carbonyl (C=O) groups is 1. The summed E-state index contributed by atoms with van der Waals surface area (Å²) >= 11 is 0. The highest BCUT2D eigenvalue weighted by molar-refractivity contribution is 5.79. The Kier molecular flexibility index (Phi) is 6.87. The molecule has 0 aromatic carbocycles. The van der Waals surface area contributed by atoms with Gasteiger partial charge in [-0.15, -0.1) is 5.92 Å². The molecule has 1 amide bonds. The lowest BCUT2D eigenvalue weighted by Crippen LogP contribution is -2.48. The van der Waals surface area contributed by atoms with Gasteiger partial charge >= 0.3 is 0 Å². The first kappa shape index (κ1) is 13.0. The summed E-state index contributed by atoms with van der Waals surface area (Å²) in [7, 11) is 1.96. The molecule has 0 spiro atoms. The molecule has 3 nitrogen and oxygen atoms in total. The van der Waals surface area contributed by atoms with E-state index in [2.05, 4.69) is 11.8 Å². The van der Waals surface area contributed by atoms with Crippen molar-refractivity contribution in [2.24, 2.45) is 0 Å². The average Bonchev–Trinajstić information content (AvgIpc) is 2.20. The van der Waals surface area contributed by atoms with Crippen LogP contribution in [0.1, 0.15) is 20.8 Å². The highest BCUT2D eigenvalue weighted by atomic mass is 16.2. The second-order valence-corrected chi connectivity index (χ2v) is 2.98. The van der Waals surface area contributed by atoms with Crippen LogP contribution in [0, 0.1) is 11.8 Å². The monoisotopic (exact) mass is 196 g/mol. The third kappa shape index (κ3) is 4.29. The molecule has 0 N–H and O–H groups in total. The van der Waals surface area contributed by atoms with E-state index in [-0.39, 0.29) is 5.91 Å². The third-order valence-electron chi connectivity index (χ3n) is 1.96. The van der Waals surface area contributed by atoms with E-state index in [0.29, 0.717) is 13.1 Å². The van der Waals surface area contributed by atoms with Gasteiger partial charge in [0.2, 0.25) is 5.91 Å². The molecule has 0 unspecified atom stereocenters. The van der Waals surface area contributed by atoms with Crippen molar-refractivity contribution >= 4 is 5.91 Å². The highest BCUT2D eigenvalue weighted by Gasteiger charge is 2.19. The fourth-order valence-corrected chi connectivity index (χ4v) is 1.17. The van der Waals surface area contributed by atoms with Crippen LogP contribution in [0.5, 0.6) is 0 Å². The normalized spacial score (nSPS) is 16.6. The van der Waals surface area contributed by atoms with Gasteiger partial charge in [-0.2, -0.15) is 0 Å². The van der Waals surface area contributed by atoms with Gasteiger partial charge in [0.25, 0.3) is 0 Å². The number of likely N-dealkylation sites (N-methyl/N-ethyl adjacent to an activating group) is 1. The van der Waals surface area contributed by atoms with Crippen LogP contribution in [-0.4, -0.2) is 48.9 Å². The second-order valence-electron chi connectivity index (χ2n) is 2.98. The first-order valence-electron chi connectivity index (χ1n) is 5.10. The molecule has 0 radical (unpaired) electrons. The molecule has 1 aliphatic rings. The standard InChI is InChI=1S/C9H14N2O.C2H6/c1-3-4-5-11-7-6-10(2)8-9(11)12;1-2/h5-8H2,1-2H3;1-2H3. The van der Waals surface area contributed by atoms with Crippen LogP contribution < -0.4 is 0 Å². The zero-order chi connectivity index (χ0) is 11.0. The Bertz CT molecular complexity index is 227. The van der Waals surface area contributed by atoms with E-state index in [1.165, 1.54) is 0 Å². The summed E-state index contributed by atoms with van der Waals surface area (Å²) in [6, 6.07) is 0. The van der Waals surface area contributed by atoms with Crippen molar-refractivity contribution in [3.8, 4) is 11.8 Å². The fraction of sp³-hybridized carbons (Fsp3) is 0.727. The molecule has 0 bridgehead atoms. The molecule has 0 saturated carbocycles. The molecule has 80 valence electrons. The van der Waals surface area contributed by atoms with Gasteiger partial charge in [-0.25, -0.2) is 0 Å². The summed E-state index contributed by atoms with van der Waals surface area (Å²) in [6.07, 6.45) is 0. The van der Waals surface area contributed by atoms with Crippen molar-refractivity contribution in [1.29, 1.82) is 0 Å². The number of rotatable bonds is 1. The lowest BCUT2D eigenvalue weighted by Gasteiger charge is -2.30. The third-order valence-corrected chi connectivity index (χ3v) is 1.96. The molecule has 0 aromatic heterocycles. The Hall–Kier alpha value is -1.01. The number of nitrogens with zero attached hydrogens (tertiary/aromatic N) is 2. The number of hydrogen-bond acceptors (Lipinski definition) is 2. The summed E-state index contributed by atoms with van der Waals surface area (Å²) in [5, 5.41) is 0. The number of piperazine rings is 1. The van der Waals surface area contributed by atoms with E-state index >= 15 is 0 Å². The molecular formula is C11H20N2O. The van der Waals surface area contributed by atoms with Crippen molar-refractivity contribution in [2.45, 2.75) is 20.8 Å². The molecule has 3 heteroatoms. The van der Waals surface area contributed by atoms with Crippen LogP contribution in [0.4, 0.5) is 0 Å². The van der Waals surface area contributed by atoms with Crippen molar-refractivity contribution < 1.29 is 4.79 Å². The van der Waals surface area contributed by atoms with Crippen molar-refractivity contribution in [3.63, 3.8) is 0 Å². The zero-order valence-electron chi connectivity index (χ0n) is 9.63. The Labute approximate surface area is 87.1 Å². The first-order chi connectivity index (χ1) is 6.74. The van der Waals surface area contributed by atoms with Crippen LogP contribution >= 0.6 is 0 Å². The fourth-order valence-electron chi connectivity index (χ4n) is 1.17. The molecule has 1 rings (SSSR count). The summed E-state index contributed by atoms with van der Waals surface area (Å²) < 4.78 is 0. The quantitative estimate of drug-likeness (QED) is 0.579. The second kappa shape index (κ2) is 7.40. The minimum absolute atomic E-state index is 0.187. The lowest BCUT2D eigenvalue weighted by molar-refractivity contribution is -0.134. The van der Waals surface area contributed by atoms with E-state index < -0.39 is 0 Å². The smallest absolute Gasteiger partial charge is 0.237 e. The van der Waals surface area contributed by atoms with Crippen molar-refractivity contribution in [1.82, 2.24) is 9.80 Å². The van der Waals surface area contributed by atoms with E-state index in [9.17, 15) is 4.79 Å². The van der Waals surface area contributed by atoms with Crippen LogP contribution in [-0.2, 0) is 4.79 Å². The van der Waals surface area contributed by atoms with Crippen molar-refractivity contribution in [3.05, 3.63) is 0 Å². The average molecular weight is 196 g/mol. The van der Waals surface area contributed by atoms with Crippen LogP contribution in [0.15, 0.2) is 0 Å². The Balaban J connectivity index is 0.000000791. The van der Waals surface area contributed by atoms with Gasteiger partial charge < -0.3 is 4.90 Å². The highest BCUT2D eigenvalue weighted by Crippen LogP contribution is 1.99. The molecule has 1 saturated heterocycles. The molecule has 14 heavy (non-hydrogen) atoms. The van der Waals surface area contributed by atoms with E-state index in [1.807, 2.05) is 25.8 Å². The minimum Gasteiger partial charge on any atom is -0.329 e.